The van der Waals surface area contributed by atoms with Gasteiger partial charge in [-0.15, -0.1) is 0 Å². The zero-order valence-electron chi connectivity index (χ0n) is 11.1. The van der Waals surface area contributed by atoms with Crippen LogP contribution in [0.1, 0.15) is 6.42 Å². The highest BCUT2D eigenvalue weighted by Gasteiger charge is 2.24. The van der Waals surface area contributed by atoms with Gasteiger partial charge in [-0.1, -0.05) is 0 Å². The van der Waals surface area contributed by atoms with Crippen LogP contribution in [0.4, 0.5) is 0 Å². The van der Waals surface area contributed by atoms with Crippen LogP contribution in [0.3, 0.4) is 0 Å². The molecule has 0 radical (unpaired) electrons. The Bertz CT molecular complexity index is 561. The average molecular weight is 287 g/mol. The fourth-order valence-electron chi connectivity index (χ4n) is 1.48. The van der Waals surface area contributed by atoms with Crippen LogP contribution in [0.25, 0.3) is 0 Å². The Labute approximate surface area is 113 Å². The second-order valence-electron chi connectivity index (χ2n) is 4.49. The van der Waals surface area contributed by atoms with E-state index in [1.807, 2.05) is 9.97 Å². The molecule has 0 bridgehead atoms. The van der Waals surface area contributed by atoms with Crippen molar-refractivity contribution >= 4 is 0 Å². The molecule has 0 saturated carbocycles. The Hall–Kier alpha value is -1.71. The van der Waals surface area contributed by atoms with E-state index in [4.69, 9.17) is 14.2 Å². The lowest BCUT2D eigenvalue weighted by atomic mass is 10.4. The van der Waals surface area contributed by atoms with Crippen LogP contribution in [0.15, 0.2) is 14.4 Å². The summed E-state index contributed by atoms with van der Waals surface area (Å²) in [6.07, 6.45) is 1.51. The van der Waals surface area contributed by atoms with Crippen molar-refractivity contribution in [2.45, 2.75) is 25.2 Å². The first-order valence-electron chi connectivity index (χ1n) is 6.25. The standard InChI is InChI=1S/C6H7N3O4.C5H10O2/c10-4-7-5(11)9(6(12)8-4)1-3-2-13-3;1-6-3-2-5-4-7-5/h3H,1-2H2,(H2,7,8,10,11,12);5H,2-4H2,1H3. The van der Waals surface area contributed by atoms with Crippen molar-refractivity contribution in [2.75, 3.05) is 26.9 Å². The van der Waals surface area contributed by atoms with Crippen LogP contribution in [-0.2, 0) is 20.8 Å². The van der Waals surface area contributed by atoms with E-state index in [1.165, 1.54) is 0 Å². The third-order valence-electron chi connectivity index (χ3n) is 2.77. The Morgan fingerprint density at radius 1 is 1.15 bits per heavy atom. The van der Waals surface area contributed by atoms with Gasteiger partial charge in [0, 0.05) is 13.7 Å². The monoisotopic (exact) mass is 287 g/mol. The fraction of sp³-hybridized carbons (Fsp3) is 0.727. The minimum atomic E-state index is -0.789. The highest BCUT2D eigenvalue weighted by atomic mass is 16.6. The molecule has 0 aliphatic carbocycles. The van der Waals surface area contributed by atoms with E-state index in [9.17, 15) is 14.4 Å². The van der Waals surface area contributed by atoms with Crippen molar-refractivity contribution in [3.63, 3.8) is 0 Å². The van der Waals surface area contributed by atoms with Crippen LogP contribution in [0, 0.1) is 0 Å². The largest absolute Gasteiger partial charge is 0.385 e. The number of ether oxygens (including phenoxy) is 3. The highest BCUT2D eigenvalue weighted by Crippen LogP contribution is 2.12. The molecule has 2 N–H and O–H groups in total. The quantitative estimate of drug-likeness (QED) is 0.607. The van der Waals surface area contributed by atoms with Gasteiger partial charge in [0.25, 0.3) is 0 Å². The summed E-state index contributed by atoms with van der Waals surface area (Å²) in [7, 11) is 1.71. The molecule has 2 aliphatic heterocycles. The highest BCUT2D eigenvalue weighted by molar-refractivity contribution is 4.75. The van der Waals surface area contributed by atoms with Crippen molar-refractivity contribution in [2.24, 2.45) is 0 Å². The summed E-state index contributed by atoms with van der Waals surface area (Å²) in [5.41, 5.74) is -2.20. The van der Waals surface area contributed by atoms with Gasteiger partial charge in [-0.3, -0.25) is 9.97 Å². The maximum atomic E-state index is 11.1. The first-order chi connectivity index (χ1) is 9.60. The summed E-state index contributed by atoms with van der Waals surface area (Å²) < 4.78 is 15.5. The second kappa shape index (κ2) is 6.64. The number of nitrogens with zero attached hydrogens (tertiary/aromatic N) is 1. The molecule has 3 heterocycles. The lowest BCUT2D eigenvalue weighted by molar-refractivity contribution is 0.184. The number of epoxide rings is 2. The maximum Gasteiger partial charge on any atom is 0.333 e. The van der Waals surface area contributed by atoms with Gasteiger partial charge in [0.15, 0.2) is 0 Å². The van der Waals surface area contributed by atoms with Gasteiger partial charge < -0.3 is 14.2 Å². The van der Waals surface area contributed by atoms with Crippen LogP contribution < -0.4 is 17.1 Å². The minimum absolute atomic E-state index is 0.0790. The Kier molecular flexibility index (Phi) is 4.88. The molecule has 112 valence electrons. The molecule has 0 amide bonds. The Morgan fingerprint density at radius 2 is 1.70 bits per heavy atom. The van der Waals surface area contributed by atoms with Crippen LogP contribution in [-0.4, -0.2) is 53.7 Å². The number of hydrogen-bond donors (Lipinski definition) is 2. The topological polar surface area (TPSA) is 122 Å². The fourth-order valence-corrected chi connectivity index (χ4v) is 1.48. The summed E-state index contributed by atoms with van der Waals surface area (Å²) in [5, 5.41) is 0. The number of aromatic nitrogens is 3. The second-order valence-corrected chi connectivity index (χ2v) is 4.49. The Balaban J connectivity index is 0.000000178. The van der Waals surface area contributed by atoms with Gasteiger partial charge in [0.1, 0.15) is 0 Å². The molecule has 2 unspecified atom stereocenters. The van der Waals surface area contributed by atoms with Gasteiger partial charge in [-0.2, -0.15) is 0 Å². The lowest BCUT2D eigenvalue weighted by Crippen LogP contribution is -2.44. The molecule has 9 nitrogen and oxygen atoms in total. The third-order valence-corrected chi connectivity index (χ3v) is 2.77. The number of rotatable bonds is 5. The minimum Gasteiger partial charge on any atom is -0.385 e. The summed E-state index contributed by atoms with van der Waals surface area (Å²) >= 11 is 0. The predicted molar refractivity (Wildman–Crippen MR) is 67.9 cm³/mol. The van der Waals surface area contributed by atoms with Crippen LogP contribution in [0.5, 0.6) is 0 Å². The van der Waals surface area contributed by atoms with Crippen LogP contribution in [0.2, 0.25) is 0 Å². The average Bonchev–Trinajstić information content (AvgIpc) is 3.26. The summed E-state index contributed by atoms with van der Waals surface area (Å²) in [4.78, 5) is 36.6. The summed E-state index contributed by atoms with van der Waals surface area (Å²) in [5.74, 6) is 0. The number of methoxy groups -OCH3 is 1. The third kappa shape index (κ3) is 4.76. The molecule has 2 atom stereocenters. The number of aromatic amines is 2. The van der Waals surface area contributed by atoms with Crippen molar-refractivity contribution < 1.29 is 14.2 Å². The number of H-pyrrole nitrogens is 2. The molecule has 2 saturated heterocycles. The van der Waals surface area contributed by atoms with Gasteiger partial charge in [0.2, 0.25) is 0 Å². The van der Waals surface area contributed by atoms with Gasteiger partial charge in [0.05, 0.1) is 32.0 Å². The summed E-state index contributed by atoms with van der Waals surface area (Å²) in [6.45, 7) is 2.52. The van der Waals surface area contributed by atoms with Crippen molar-refractivity contribution in [1.82, 2.24) is 14.5 Å². The van der Waals surface area contributed by atoms with E-state index in [0.717, 1.165) is 24.2 Å². The SMILES string of the molecule is COCCC1CO1.O=c1[nH]c(=O)n(CC2CO2)c(=O)[nH]1. The zero-order valence-corrected chi connectivity index (χ0v) is 11.1. The first kappa shape index (κ1) is 14.7. The smallest absolute Gasteiger partial charge is 0.333 e. The molecule has 1 aromatic rings. The van der Waals surface area contributed by atoms with Crippen molar-refractivity contribution in [1.29, 1.82) is 0 Å². The maximum absolute atomic E-state index is 11.1. The lowest BCUT2D eigenvalue weighted by Gasteiger charge is -1.97. The molecule has 1 aromatic heterocycles. The first-order valence-corrected chi connectivity index (χ1v) is 6.25. The molecule has 20 heavy (non-hydrogen) atoms. The van der Waals surface area contributed by atoms with E-state index >= 15 is 0 Å². The normalized spacial score (nSPS) is 22.9. The molecular weight excluding hydrogens is 270 g/mol. The van der Waals surface area contributed by atoms with E-state index < -0.39 is 17.1 Å². The Morgan fingerprint density at radius 3 is 2.15 bits per heavy atom. The summed E-state index contributed by atoms with van der Waals surface area (Å²) in [6, 6.07) is 0. The van der Waals surface area contributed by atoms with E-state index in [1.54, 1.807) is 7.11 Å². The molecule has 9 heteroatoms. The molecule has 3 rings (SSSR count). The molecular formula is C11H17N3O6. The van der Waals surface area contributed by atoms with Crippen molar-refractivity contribution in [3.8, 4) is 0 Å². The van der Waals surface area contributed by atoms with Gasteiger partial charge in [-0.25, -0.2) is 19.0 Å². The number of hydrogen-bond acceptors (Lipinski definition) is 6. The predicted octanol–water partition coefficient (Wildman–Crippen LogP) is -1.95. The van der Waals surface area contributed by atoms with Gasteiger partial charge in [-0.05, 0) is 6.42 Å². The molecule has 0 spiro atoms. The molecule has 0 aromatic carbocycles. The van der Waals surface area contributed by atoms with Crippen LogP contribution >= 0.6 is 0 Å². The molecule has 2 fully saturated rings. The zero-order chi connectivity index (χ0) is 14.5. The van der Waals surface area contributed by atoms with E-state index in [0.29, 0.717) is 12.7 Å². The van der Waals surface area contributed by atoms with E-state index in [-0.39, 0.29) is 12.6 Å². The van der Waals surface area contributed by atoms with Gasteiger partial charge >= 0.3 is 17.1 Å². The number of nitrogens with one attached hydrogen (secondary N) is 2. The van der Waals surface area contributed by atoms with Crippen molar-refractivity contribution in [3.05, 3.63) is 31.5 Å². The van der Waals surface area contributed by atoms with E-state index in [2.05, 4.69) is 0 Å². The molecule has 2 aliphatic rings.